The minimum Gasteiger partial charge on any atom is -0.299 e. The number of halogens is 1. The molecule has 0 aromatic heterocycles. The molecule has 1 fully saturated rings. The third-order valence-corrected chi connectivity index (χ3v) is 3.21. The lowest BCUT2D eigenvalue weighted by Crippen LogP contribution is -2.01. The highest BCUT2D eigenvalue weighted by molar-refractivity contribution is 5.83. The van der Waals surface area contributed by atoms with Crippen LogP contribution in [-0.4, -0.2) is 5.78 Å². The average molecular weight is 220 g/mol. The Morgan fingerprint density at radius 2 is 2.19 bits per heavy atom. The number of hydrogen-bond acceptors (Lipinski definition) is 1. The molecule has 0 N–H and O–H groups in total. The van der Waals surface area contributed by atoms with E-state index in [9.17, 15) is 9.18 Å². The highest BCUT2D eigenvalue weighted by Gasteiger charge is 2.28. The summed E-state index contributed by atoms with van der Waals surface area (Å²) < 4.78 is 12.9. The normalized spacial score (nSPS) is 15.1. The zero-order valence-electron chi connectivity index (χ0n) is 9.63. The van der Waals surface area contributed by atoms with Gasteiger partial charge in [-0.2, -0.15) is 0 Å². The van der Waals surface area contributed by atoms with Gasteiger partial charge in [0.2, 0.25) is 0 Å². The number of ketones is 1. The number of benzene rings is 1. The van der Waals surface area contributed by atoms with Gasteiger partial charge in [0.1, 0.15) is 11.6 Å². The van der Waals surface area contributed by atoms with E-state index < -0.39 is 0 Å². The van der Waals surface area contributed by atoms with Crippen molar-refractivity contribution in [3.05, 3.63) is 35.1 Å². The van der Waals surface area contributed by atoms with Crippen LogP contribution in [0.2, 0.25) is 0 Å². The molecule has 0 radical (unpaired) electrons. The largest absolute Gasteiger partial charge is 0.299 e. The number of aryl methyl sites for hydroxylation is 2. The minimum atomic E-state index is -0.185. The second-order valence-electron chi connectivity index (χ2n) is 4.66. The lowest BCUT2D eigenvalue weighted by atomic mass is 10.0. The van der Waals surface area contributed by atoms with E-state index in [0.29, 0.717) is 18.1 Å². The summed E-state index contributed by atoms with van der Waals surface area (Å²) in [5.41, 5.74) is 2.14. The zero-order chi connectivity index (χ0) is 11.5. The number of hydrogen-bond donors (Lipinski definition) is 0. The number of rotatable bonds is 5. The molecule has 16 heavy (non-hydrogen) atoms. The van der Waals surface area contributed by atoms with Crippen LogP contribution in [0.3, 0.4) is 0 Å². The van der Waals surface area contributed by atoms with Gasteiger partial charge < -0.3 is 0 Å². The number of carbonyl (C=O) groups excluding carboxylic acids is 1. The minimum absolute atomic E-state index is 0.185. The van der Waals surface area contributed by atoms with Gasteiger partial charge in [0.05, 0.1) is 0 Å². The maximum absolute atomic E-state index is 12.9. The van der Waals surface area contributed by atoms with Crippen LogP contribution in [0.15, 0.2) is 18.2 Å². The Morgan fingerprint density at radius 1 is 1.44 bits per heavy atom. The van der Waals surface area contributed by atoms with E-state index >= 15 is 0 Å². The van der Waals surface area contributed by atoms with Gasteiger partial charge in [-0.25, -0.2) is 4.39 Å². The van der Waals surface area contributed by atoms with E-state index in [4.69, 9.17) is 0 Å². The highest BCUT2D eigenvalue weighted by Crippen LogP contribution is 2.31. The molecule has 1 aromatic rings. The molecular formula is C14H17FO. The lowest BCUT2D eigenvalue weighted by molar-refractivity contribution is -0.120. The predicted octanol–water partition coefficient (Wildman–Crippen LogP) is 3.44. The zero-order valence-corrected chi connectivity index (χ0v) is 9.63. The average Bonchev–Trinajstić information content (AvgIpc) is 3.04. The van der Waals surface area contributed by atoms with Crippen molar-refractivity contribution >= 4 is 5.78 Å². The van der Waals surface area contributed by atoms with Gasteiger partial charge in [0.15, 0.2) is 0 Å². The van der Waals surface area contributed by atoms with Crippen molar-refractivity contribution in [1.29, 1.82) is 0 Å². The van der Waals surface area contributed by atoms with E-state index in [2.05, 4.69) is 0 Å². The first kappa shape index (κ1) is 11.3. The molecule has 86 valence electrons. The van der Waals surface area contributed by atoms with Crippen LogP contribution in [0, 0.1) is 18.7 Å². The molecule has 0 bridgehead atoms. The van der Waals surface area contributed by atoms with Gasteiger partial charge in [-0.15, -0.1) is 0 Å². The molecule has 0 aliphatic heterocycles. The maximum Gasteiger partial charge on any atom is 0.135 e. The number of carbonyl (C=O) groups is 1. The Balaban J connectivity index is 1.82. The molecule has 0 heterocycles. The molecule has 2 rings (SSSR count). The molecule has 0 spiro atoms. The van der Waals surface area contributed by atoms with Gasteiger partial charge in [-0.05, 0) is 55.9 Å². The third-order valence-electron chi connectivity index (χ3n) is 3.21. The summed E-state index contributed by atoms with van der Waals surface area (Å²) in [6.45, 7) is 1.92. The Morgan fingerprint density at radius 3 is 2.81 bits per heavy atom. The molecule has 1 nitrogen and oxygen atoms in total. The molecule has 2 heteroatoms. The van der Waals surface area contributed by atoms with Gasteiger partial charge in [0.25, 0.3) is 0 Å². The second-order valence-corrected chi connectivity index (χ2v) is 4.66. The summed E-state index contributed by atoms with van der Waals surface area (Å²) in [7, 11) is 0. The molecule has 1 aromatic carbocycles. The summed E-state index contributed by atoms with van der Waals surface area (Å²) in [6, 6.07) is 4.87. The Kier molecular flexibility index (Phi) is 3.37. The van der Waals surface area contributed by atoms with E-state index in [1.54, 1.807) is 6.07 Å². The standard InChI is InChI=1S/C14H17FO/c1-10-9-13(15)8-7-11(10)3-2-4-14(16)12-5-6-12/h7-9,12H,2-6H2,1H3. The van der Waals surface area contributed by atoms with E-state index in [1.807, 2.05) is 13.0 Å². The summed E-state index contributed by atoms with van der Waals surface area (Å²) in [5, 5.41) is 0. The number of Topliss-reactive ketones (excluding diaryl/α,β-unsaturated/α-hetero) is 1. The monoisotopic (exact) mass is 220 g/mol. The maximum atomic E-state index is 12.9. The topological polar surface area (TPSA) is 17.1 Å². The summed E-state index contributed by atoms with van der Waals surface area (Å²) in [6.07, 6.45) is 4.64. The molecule has 0 atom stereocenters. The molecule has 0 saturated heterocycles. The van der Waals surface area contributed by atoms with Crippen LogP contribution in [-0.2, 0) is 11.2 Å². The van der Waals surface area contributed by atoms with Crippen molar-refractivity contribution < 1.29 is 9.18 Å². The van der Waals surface area contributed by atoms with Gasteiger partial charge in [-0.1, -0.05) is 6.07 Å². The van der Waals surface area contributed by atoms with E-state index in [0.717, 1.165) is 36.8 Å². The van der Waals surface area contributed by atoms with Gasteiger partial charge in [0, 0.05) is 12.3 Å². The van der Waals surface area contributed by atoms with Crippen molar-refractivity contribution in [3.8, 4) is 0 Å². The van der Waals surface area contributed by atoms with E-state index in [1.165, 1.54) is 6.07 Å². The van der Waals surface area contributed by atoms with Crippen LogP contribution < -0.4 is 0 Å². The van der Waals surface area contributed by atoms with Gasteiger partial charge in [-0.3, -0.25) is 4.79 Å². The van der Waals surface area contributed by atoms with Crippen LogP contribution in [0.5, 0.6) is 0 Å². The summed E-state index contributed by atoms with van der Waals surface area (Å²) in [4.78, 5) is 11.5. The van der Waals surface area contributed by atoms with Crippen LogP contribution in [0.1, 0.15) is 36.8 Å². The fourth-order valence-electron chi connectivity index (χ4n) is 2.00. The van der Waals surface area contributed by atoms with Crippen molar-refractivity contribution in [2.45, 2.75) is 39.0 Å². The molecule has 0 unspecified atom stereocenters. The SMILES string of the molecule is Cc1cc(F)ccc1CCCC(=O)C1CC1. The molecule has 1 aliphatic carbocycles. The predicted molar refractivity (Wildman–Crippen MR) is 61.8 cm³/mol. The molecule has 1 saturated carbocycles. The summed E-state index contributed by atoms with van der Waals surface area (Å²) in [5.74, 6) is 0.601. The quantitative estimate of drug-likeness (QED) is 0.743. The first-order valence-electron chi connectivity index (χ1n) is 5.94. The Labute approximate surface area is 95.7 Å². The van der Waals surface area contributed by atoms with Crippen molar-refractivity contribution in [1.82, 2.24) is 0 Å². The van der Waals surface area contributed by atoms with Crippen LogP contribution in [0.25, 0.3) is 0 Å². The fourth-order valence-corrected chi connectivity index (χ4v) is 2.00. The van der Waals surface area contributed by atoms with Crippen LogP contribution in [0.4, 0.5) is 4.39 Å². The first-order chi connectivity index (χ1) is 7.66. The van der Waals surface area contributed by atoms with Crippen LogP contribution >= 0.6 is 0 Å². The Bertz CT molecular complexity index is 394. The van der Waals surface area contributed by atoms with Crippen molar-refractivity contribution in [2.24, 2.45) is 5.92 Å². The first-order valence-corrected chi connectivity index (χ1v) is 5.94. The van der Waals surface area contributed by atoms with Crippen molar-refractivity contribution in [2.75, 3.05) is 0 Å². The van der Waals surface area contributed by atoms with Gasteiger partial charge >= 0.3 is 0 Å². The van der Waals surface area contributed by atoms with E-state index in [-0.39, 0.29) is 5.82 Å². The van der Waals surface area contributed by atoms with Crippen molar-refractivity contribution in [3.63, 3.8) is 0 Å². The molecule has 0 amide bonds. The lowest BCUT2D eigenvalue weighted by Gasteiger charge is -2.05. The second kappa shape index (κ2) is 4.77. The third kappa shape index (κ3) is 2.91. The Hall–Kier alpha value is -1.18. The fraction of sp³-hybridized carbons (Fsp3) is 0.500. The molecular weight excluding hydrogens is 203 g/mol. The molecule has 1 aliphatic rings. The smallest absolute Gasteiger partial charge is 0.135 e. The summed E-state index contributed by atoms with van der Waals surface area (Å²) >= 11 is 0. The highest BCUT2D eigenvalue weighted by atomic mass is 19.1.